The minimum Gasteiger partial charge on any atom is -0.320 e. The Bertz CT molecular complexity index is 193. The van der Waals surface area contributed by atoms with Crippen LogP contribution in [0.25, 0.3) is 0 Å². The van der Waals surface area contributed by atoms with Gasteiger partial charge >= 0.3 is 0 Å². The molecule has 2 aliphatic carbocycles. The van der Waals surface area contributed by atoms with E-state index < -0.39 is 11.5 Å². The van der Waals surface area contributed by atoms with Gasteiger partial charge in [0.15, 0.2) is 0 Å². The molecule has 2 fully saturated rings. The van der Waals surface area contributed by atoms with Crippen LogP contribution in [-0.2, 0) is 0 Å². The second kappa shape index (κ2) is 2.91. The number of rotatable bonds is 3. The van der Waals surface area contributed by atoms with Crippen LogP contribution in [0.4, 0.5) is 8.78 Å². The van der Waals surface area contributed by atoms with Crippen molar-refractivity contribution in [2.45, 2.75) is 56.4 Å². The van der Waals surface area contributed by atoms with E-state index in [1.54, 1.807) is 0 Å². The van der Waals surface area contributed by atoms with Gasteiger partial charge in [-0.05, 0) is 18.8 Å². The molecule has 0 saturated heterocycles. The number of alkyl halides is 2. The Morgan fingerprint density at radius 3 is 2.23 bits per heavy atom. The van der Waals surface area contributed by atoms with E-state index in [2.05, 4.69) is 0 Å². The molecule has 2 rings (SSSR count). The lowest BCUT2D eigenvalue weighted by molar-refractivity contribution is -0.0560. The number of hydrogen-bond acceptors (Lipinski definition) is 1. The Kier molecular flexibility index (Phi) is 2.10. The zero-order chi connectivity index (χ0) is 9.53. The fourth-order valence-corrected chi connectivity index (χ4v) is 2.28. The fraction of sp³-hybridized carbons (Fsp3) is 1.00. The normalized spacial score (nSPS) is 27.9. The van der Waals surface area contributed by atoms with Crippen molar-refractivity contribution in [1.29, 1.82) is 0 Å². The lowest BCUT2D eigenvalue weighted by Gasteiger charge is -2.25. The molecule has 0 aromatic carbocycles. The third kappa shape index (κ3) is 1.71. The predicted molar refractivity (Wildman–Crippen MR) is 47.7 cm³/mol. The first-order chi connectivity index (χ1) is 6.04. The van der Waals surface area contributed by atoms with Gasteiger partial charge in [0.05, 0.1) is 5.54 Å². The third-order valence-corrected chi connectivity index (χ3v) is 3.54. The standard InChI is InChI=1S/C10H17F2N/c11-10(12,9(13)5-6-9)7-8-3-1-2-4-8/h8H,1-7,13H2. The molecule has 2 N–H and O–H groups in total. The highest BCUT2D eigenvalue weighted by Crippen LogP contribution is 2.50. The molecule has 0 aromatic rings. The highest BCUT2D eigenvalue weighted by atomic mass is 19.3. The number of halogens is 2. The van der Waals surface area contributed by atoms with E-state index in [1.807, 2.05) is 0 Å². The van der Waals surface area contributed by atoms with E-state index in [1.165, 1.54) is 0 Å². The molecule has 0 spiro atoms. The average Bonchev–Trinajstić information content (AvgIpc) is 2.63. The smallest absolute Gasteiger partial charge is 0.265 e. The Balaban J connectivity index is 1.91. The first-order valence-electron chi connectivity index (χ1n) is 5.20. The molecule has 0 radical (unpaired) electrons. The van der Waals surface area contributed by atoms with Gasteiger partial charge in [-0.25, -0.2) is 8.78 Å². The lowest BCUT2D eigenvalue weighted by atomic mass is 9.94. The second-order valence-electron chi connectivity index (χ2n) is 4.72. The summed E-state index contributed by atoms with van der Waals surface area (Å²) in [4.78, 5) is 0. The quantitative estimate of drug-likeness (QED) is 0.725. The Morgan fingerprint density at radius 1 is 1.23 bits per heavy atom. The van der Waals surface area contributed by atoms with Gasteiger partial charge in [0.1, 0.15) is 0 Å². The van der Waals surface area contributed by atoms with E-state index in [0.717, 1.165) is 25.7 Å². The first kappa shape index (κ1) is 9.38. The zero-order valence-electron chi connectivity index (χ0n) is 7.86. The van der Waals surface area contributed by atoms with Gasteiger partial charge in [0, 0.05) is 6.42 Å². The van der Waals surface area contributed by atoms with Gasteiger partial charge in [-0.1, -0.05) is 25.7 Å². The van der Waals surface area contributed by atoms with Crippen LogP contribution in [0.15, 0.2) is 0 Å². The molecular formula is C10H17F2N. The molecule has 13 heavy (non-hydrogen) atoms. The molecule has 0 heterocycles. The van der Waals surface area contributed by atoms with Gasteiger partial charge < -0.3 is 5.73 Å². The summed E-state index contributed by atoms with van der Waals surface area (Å²) in [6, 6.07) is 0. The van der Waals surface area contributed by atoms with Crippen molar-refractivity contribution in [3.05, 3.63) is 0 Å². The number of nitrogens with two attached hydrogens (primary N) is 1. The Hall–Kier alpha value is -0.180. The van der Waals surface area contributed by atoms with Crippen LogP contribution < -0.4 is 5.73 Å². The van der Waals surface area contributed by atoms with Gasteiger partial charge in [0.2, 0.25) is 0 Å². The van der Waals surface area contributed by atoms with Gasteiger partial charge in [0.25, 0.3) is 5.92 Å². The van der Waals surface area contributed by atoms with Crippen molar-refractivity contribution >= 4 is 0 Å². The first-order valence-corrected chi connectivity index (χ1v) is 5.20. The molecule has 0 atom stereocenters. The topological polar surface area (TPSA) is 26.0 Å². The van der Waals surface area contributed by atoms with Crippen LogP contribution >= 0.6 is 0 Å². The largest absolute Gasteiger partial charge is 0.320 e. The molecular weight excluding hydrogens is 172 g/mol. The minimum absolute atomic E-state index is 0.0313. The van der Waals surface area contributed by atoms with Crippen molar-refractivity contribution in [3.63, 3.8) is 0 Å². The summed E-state index contributed by atoms with van der Waals surface area (Å²) in [7, 11) is 0. The third-order valence-electron chi connectivity index (χ3n) is 3.54. The highest BCUT2D eigenvalue weighted by molar-refractivity contribution is 5.09. The van der Waals surface area contributed by atoms with Gasteiger partial charge in [-0.3, -0.25) is 0 Å². The average molecular weight is 189 g/mol. The summed E-state index contributed by atoms with van der Waals surface area (Å²) >= 11 is 0. The van der Waals surface area contributed by atoms with Crippen LogP contribution in [0.3, 0.4) is 0 Å². The molecule has 0 aliphatic heterocycles. The summed E-state index contributed by atoms with van der Waals surface area (Å²) in [5, 5.41) is 0. The summed E-state index contributed by atoms with van der Waals surface area (Å²) in [5.41, 5.74) is 4.42. The van der Waals surface area contributed by atoms with Crippen molar-refractivity contribution in [2.75, 3.05) is 0 Å². The minimum atomic E-state index is -2.61. The van der Waals surface area contributed by atoms with Crippen LogP contribution in [0.5, 0.6) is 0 Å². The molecule has 0 bridgehead atoms. The SMILES string of the molecule is NC1(C(F)(F)CC2CCCC2)CC1. The monoisotopic (exact) mass is 189 g/mol. The number of hydrogen-bond donors (Lipinski definition) is 1. The van der Waals surface area contributed by atoms with Crippen LogP contribution in [0.1, 0.15) is 44.9 Å². The lowest BCUT2D eigenvalue weighted by Crippen LogP contribution is -2.44. The van der Waals surface area contributed by atoms with E-state index in [0.29, 0.717) is 12.8 Å². The summed E-state index contributed by atoms with van der Waals surface area (Å²) in [6.45, 7) is 0. The van der Waals surface area contributed by atoms with Crippen molar-refractivity contribution in [1.82, 2.24) is 0 Å². The van der Waals surface area contributed by atoms with Crippen LogP contribution in [-0.4, -0.2) is 11.5 Å². The fourth-order valence-electron chi connectivity index (χ4n) is 2.28. The van der Waals surface area contributed by atoms with Crippen molar-refractivity contribution in [3.8, 4) is 0 Å². The molecule has 76 valence electrons. The van der Waals surface area contributed by atoms with E-state index >= 15 is 0 Å². The maximum Gasteiger partial charge on any atom is 0.265 e. The maximum absolute atomic E-state index is 13.5. The Labute approximate surface area is 77.7 Å². The summed E-state index contributed by atoms with van der Waals surface area (Å²) in [6.07, 6.45) is 5.25. The molecule has 0 unspecified atom stereocenters. The van der Waals surface area contributed by atoms with Gasteiger partial charge in [-0.2, -0.15) is 0 Å². The highest BCUT2D eigenvalue weighted by Gasteiger charge is 2.59. The molecule has 0 amide bonds. The van der Waals surface area contributed by atoms with E-state index in [9.17, 15) is 8.78 Å². The Morgan fingerprint density at radius 2 is 1.77 bits per heavy atom. The van der Waals surface area contributed by atoms with Crippen molar-refractivity contribution in [2.24, 2.45) is 11.7 Å². The zero-order valence-corrected chi connectivity index (χ0v) is 7.86. The van der Waals surface area contributed by atoms with E-state index in [4.69, 9.17) is 5.73 Å². The molecule has 2 aliphatic rings. The molecule has 1 nitrogen and oxygen atoms in total. The van der Waals surface area contributed by atoms with Gasteiger partial charge in [-0.15, -0.1) is 0 Å². The molecule has 0 aromatic heterocycles. The van der Waals surface area contributed by atoms with Crippen molar-refractivity contribution < 1.29 is 8.78 Å². The summed E-state index contributed by atoms with van der Waals surface area (Å²) in [5.74, 6) is -2.38. The summed E-state index contributed by atoms with van der Waals surface area (Å²) < 4.78 is 27.0. The van der Waals surface area contributed by atoms with Crippen LogP contribution in [0, 0.1) is 5.92 Å². The maximum atomic E-state index is 13.5. The van der Waals surface area contributed by atoms with E-state index in [-0.39, 0.29) is 12.3 Å². The van der Waals surface area contributed by atoms with Crippen LogP contribution in [0.2, 0.25) is 0 Å². The second-order valence-corrected chi connectivity index (χ2v) is 4.72. The predicted octanol–water partition coefficient (Wildman–Crippen LogP) is 2.69. The molecule has 3 heteroatoms. The molecule has 2 saturated carbocycles.